The van der Waals surface area contributed by atoms with E-state index in [0.29, 0.717) is 0 Å². The molecule has 37 heavy (non-hydrogen) atoms. The predicted octanol–water partition coefficient (Wildman–Crippen LogP) is -3.82. The summed E-state index contributed by atoms with van der Waals surface area (Å²) in [5.74, 6) is -5.04. The van der Waals surface area contributed by atoms with Gasteiger partial charge in [-0.1, -0.05) is 6.04 Å². The zero-order chi connectivity index (χ0) is 27.4. The van der Waals surface area contributed by atoms with Crippen LogP contribution in [0.3, 0.4) is 0 Å². The van der Waals surface area contributed by atoms with Crippen LogP contribution in [0.5, 0.6) is 0 Å². The molecule has 0 aromatic carbocycles. The predicted molar refractivity (Wildman–Crippen MR) is 118 cm³/mol. The number of hydrogen-bond acceptors (Lipinski definition) is 14. The molecule has 12 atom stereocenters. The topological polar surface area (TPSA) is 237 Å². The molecule has 0 aromatic heterocycles. The fraction of sp³-hybridized carbons (Fsp3) is 0.905. The van der Waals surface area contributed by atoms with Gasteiger partial charge in [0.1, 0.15) is 43.9 Å². The SMILES string of the molecule is C=O.CNC1C(O)CC2(OC([C@@H](O)C3OC(C)(O)CC(O)C3[NH-])COC2=O)OC1[C@H](O)[C@@H](CO)OC.[Y]. The van der Waals surface area contributed by atoms with E-state index < -0.39 is 98.1 Å². The molecule has 0 aliphatic carbocycles. The fourth-order valence-corrected chi connectivity index (χ4v) is 4.75. The largest absolute Gasteiger partial charge is 0.670 e. The van der Waals surface area contributed by atoms with Crippen molar-refractivity contribution in [2.24, 2.45) is 0 Å². The standard InChI is InChI=1S/C20H35N2O12.CH2O.Y/c1-19(29)4-8(24)12(21)16(33-19)15(27)11-7-31-18(28)20(32-11)5-9(25)13(22-2)17(34-20)14(26)10(6-23)30-3;1-2;/h8-17,21-27,29H,4-7H2,1-3H3;1H2;/q-1;;/t8?,9?,10-,11?,12?,13?,14-,15-,16?,17?,19?,20?;;/m1../s1. The number of carbonyl (C=O) groups excluding carboxylic acids is 2. The Balaban J connectivity index is 0.00000223. The van der Waals surface area contributed by atoms with Gasteiger partial charge in [-0.05, 0) is 14.0 Å². The molecule has 3 heterocycles. The molecule has 0 saturated carbocycles. The quantitative estimate of drug-likeness (QED) is 0.136. The molecule has 8 N–H and O–H groups in total. The number of methoxy groups -OCH3 is 1. The van der Waals surface area contributed by atoms with Gasteiger partial charge in [-0.2, -0.15) is 0 Å². The number of aliphatic hydroxyl groups excluding tert-OH is 5. The Labute approximate surface area is 239 Å². The van der Waals surface area contributed by atoms with Gasteiger partial charge < -0.3 is 70.2 Å². The van der Waals surface area contributed by atoms with Crippen molar-refractivity contribution in [3.63, 3.8) is 0 Å². The fourth-order valence-electron chi connectivity index (χ4n) is 4.75. The molecule has 9 unspecified atom stereocenters. The van der Waals surface area contributed by atoms with Crippen molar-refractivity contribution in [1.29, 1.82) is 0 Å². The number of ether oxygens (including phenoxy) is 5. The maximum Gasteiger partial charge on any atom is 0.367 e. The normalized spacial score (nSPS) is 42.4. The Bertz CT molecular complexity index is 733. The molecular formula is C21H37N2O13Y-. The Morgan fingerprint density at radius 2 is 1.78 bits per heavy atom. The molecule has 1 radical (unpaired) electrons. The Hall–Kier alpha value is -0.236. The molecule has 3 rings (SSSR count). The second-order valence-electron chi connectivity index (χ2n) is 9.17. The number of aliphatic hydroxyl groups is 6. The van der Waals surface area contributed by atoms with E-state index in [1.54, 1.807) is 0 Å². The summed E-state index contributed by atoms with van der Waals surface area (Å²) in [6, 6.07) is -2.21. The van der Waals surface area contributed by atoms with Crippen molar-refractivity contribution in [2.45, 2.75) is 92.3 Å². The van der Waals surface area contributed by atoms with Crippen LogP contribution in [0, 0.1) is 0 Å². The molecule has 0 bridgehead atoms. The van der Waals surface area contributed by atoms with Gasteiger partial charge in [0.25, 0.3) is 5.79 Å². The minimum absolute atomic E-state index is 0. The third-order valence-corrected chi connectivity index (χ3v) is 6.60. The monoisotopic (exact) mass is 614 g/mol. The minimum Gasteiger partial charge on any atom is -0.670 e. The number of hydrogen-bond donors (Lipinski definition) is 7. The first-order valence-electron chi connectivity index (χ1n) is 11.4. The van der Waals surface area contributed by atoms with E-state index in [-0.39, 0.29) is 39.1 Å². The van der Waals surface area contributed by atoms with Crippen LogP contribution in [0.2, 0.25) is 0 Å². The van der Waals surface area contributed by atoms with Crippen molar-refractivity contribution in [3.05, 3.63) is 5.73 Å². The van der Waals surface area contributed by atoms with Crippen LogP contribution in [0.15, 0.2) is 0 Å². The van der Waals surface area contributed by atoms with Gasteiger partial charge in [-0.15, -0.1) is 0 Å². The number of carbonyl (C=O) groups is 2. The Kier molecular flexibility index (Phi) is 13.6. The van der Waals surface area contributed by atoms with Gasteiger partial charge in [0.15, 0.2) is 5.79 Å². The summed E-state index contributed by atoms with van der Waals surface area (Å²) in [6.45, 7) is 2.25. The summed E-state index contributed by atoms with van der Waals surface area (Å²) in [4.78, 5) is 20.8. The van der Waals surface area contributed by atoms with Crippen LogP contribution < -0.4 is 5.32 Å². The average Bonchev–Trinajstić information content (AvgIpc) is 2.84. The molecule has 3 aliphatic rings. The second-order valence-corrected chi connectivity index (χ2v) is 9.17. The third kappa shape index (κ3) is 7.49. The zero-order valence-corrected chi connectivity index (χ0v) is 23.8. The molecular weight excluding hydrogens is 577 g/mol. The second kappa shape index (κ2) is 14.4. The molecule has 213 valence electrons. The Morgan fingerprint density at radius 3 is 2.32 bits per heavy atom. The maximum absolute atomic E-state index is 12.8. The number of esters is 1. The maximum atomic E-state index is 12.8. The van der Waals surface area contributed by atoms with Crippen LogP contribution >= 0.6 is 0 Å². The first kappa shape index (κ1) is 34.8. The number of cyclic esters (lactones) is 1. The van der Waals surface area contributed by atoms with E-state index in [4.69, 9.17) is 34.2 Å². The summed E-state index contributed by atoms with van der Waals surface area (Å²) in [7, 11) is 2.77. The molecule has 3 aliphatic heterocycles. The molecule has 1 spiro atoms. The number of likely N-dealkylation sites (N-methyl/N-ethyl adjacent to an activating group) is 1. The van der Waals surface area contributed by atoms with E-state index in [2.05, 4.69) is 5.32 Å². The van der Waals surface area contributed by atoms with Gasteiger partial charge >= 0.3 is 5.97 Å². The minimum atomic E-state index is -2.23. The van der Waals surface area contributed by atoms with E-state index in [1.165, 1.54) is 21.1 Å². The Morgan fingerprint density at radius 1 is 1.16 bits per heavy atom. The smallest absolute Gasteiger partial charge is 0.367 e. The molecule has 3 fully saturated rings. The van der Waals surface area contributed by atoms with Gasteiger partial charge in [-0.3, -0.25) is 0 Å². The summed E-state index contributed by atoms with van der Waals surface area (Å²) in [6.07, 6.45) is -11.5. The third-order valence-electron chi connectivity index (χ3n) is 6.60. The van der Waals surface area contributed by atoms with Crippen molar-refractivity contribution in [3.8, 4) is 0 Å². The first-order chi connectivity index (χ1) is 16.9. The van der Waals surface area contributed by atoms with E-state index in [1.807, 2.05) is 6.79 Å². The van der Waals surface area contributed by atoms with Crippen LogP contribution in [-0.4, -0.2) is 143 Å². The molecule has 0 aromatic rings. The summed E-state index contributed by atoms with van der Waals surface area (Å²) in [5.41, 5.74) is 8.14. The van der Waals surface area contributed by atoms with Gasteiger partial charge in [0.2, 0.25) is 0 Å². The first-order valence-corrected chi connectivity index (χ1v) is 11.4. The van der Waals surface area contributed by atoms with Crippen molar-refractivity contribution < 1.29 is 96.6 Å². The van der Waals surface area contributed by atoms with Crippen LogP contribution in [0.4, 0.5) is 0 Å². The van der Waals surface area contributed by atoms with Crippen LogP contribution in [0.25, 0.3) is 5.73 Å². The molecule has 0 amide bonds. The zero-order valence-electron chi connectivity index (χ0n) is 20.9. The molecule has 3 saturated heterocycles. The van der Waals surface area contributed by atoms with E-state index >= 15 is 0 Å². The summed E-state index contributed by atoms with van der Waals surface area (Å²) in [5, 5.41) is 65.0. The number of nitrogens with one attached hydrogen (secondary N) is 2. The average molecular weight is 614 g/mol. The van der Waals surface area contributed by atoms with E-state index in [9.17, 15) is 35.4 Å². The van der Waals surface area contributed by atoms with Gasteiger partial charge in [-0.25, -0.2) is 4.79 Å². The molecule has 16 heteroatoms. The van der Waals surface area contributed by atoms with Crippen LogP contribution in [0.1, 0.15) is 19.8 Å². The summed E-state index contributed by atoms with van der Waals surface area (Å²) < 4.78 is 27.3. The van der Waals surface area contributed by atoms with Crippen LogP contribution in [-0.2, 0) is 66.0 Å². The van der Waals surface area contributed by atoms with E-state index in [0.717, 1.165) is 0 Å². The van der Waals surface area contributed by atoms with Crippen molar-refractivity contribution in [1.82, 2.24) is 5.32 Å². The molecule has 15 nitrogen and oxygen atoms in total. The summed E-state index contributed by atoms with van der Waals surface area (Å²) >= 11 is 0. The van der Waals surface area contributed by atoms with Gasteiger partial charge in [0.05, 0.1) is 24.9 Å². The van der Waals surface area contributed by atoms with Crippen molar-refractivity contribution in [2.75, 3.05) is 27.4 Å². The number of rotatable bonds is 7. The van der Waals surface area contributed by atoms with Crippen molar-refractivity contribution >= 4 is 12.8 Å². The van der Waals surface area contributed by atoms with Gasteiger partial charge in [0, 0.05) is 58.8 Å².